The zero-order valence-electron chi connectivity index (χ0n) is 12.5. The van der Waals surface area contributed by atoms with Crippen LogP contribution in [0.5, 0.6) is 0 Å². The van der Waals surface area contributed by atoms with Gasteiger partial charge in [0.15, 0.2) is 0 Å². The van der Waals surface area contributed by atoms with Crippen molar-refractivity contribution in [3.05, 3.63) is 24.0 Å². The molecule has 7 nitrogen and oxygen atoms in total. The molecule has 21 heavy (non-hydrogen) atoms. The normalized spacial score (nSPS) is 13.0. The van der Waals surface area contributed by atoms with Crippen LogP contribution in [0.25, 0.3) is 0 Å². The Kier molecular flexibility index (Phi) is 6.25. The van der Waals surface area contributed by atoms with Crippen LogP contribution >= 0.6 is 0 Å². The lowest BCUT2D eigenvalue weighted by atomic mass is 10.3. The lowest BCUT2D eigenvalue weighted by molar-refractivity contribution is -0.132. The highest BCUT2D eigenvalue weighted by molar-refractivity contribution is 7.89. The van der Waals surface area contributed by atoms with Gasteiger partial charge in [0.1, 0.15) is 4.90 Å². The van der Waals surface area contributed by atoms with Gasteiger partial charge in [-0.3, -0.25) is 9.78 Å². The number of nitrogens with zero attached hydrogens (tertiary/aromatic N) is 2. The fourth-order valence-corrected chi connectivity index (χ4v) is 2.99. The highest BCUT2D eigenvalue weighted by Crippen LogP contribution is 2.09. The molecule has 0 aliphatic rings. The Bertz CT molecular complexity index is 568. The van der Waals surface area contributed by atoms with Crippen molar-refractivity contribution in [1.82, 2.24) is 14.6 Å². The van der Waals surface area contributed by atoms with Gasteiger partial charge in [-0.1, -0.05) is 0 Å². The predicted molar refractivity (Wildman–Crippen MR) is 79.8 cm³/mol. The van der Waals surface area contributed by atoms with E-state index in [0.717, 1.165) is 0 Å². The van der Waals surface area contributed by atoms with E-state index < -0.39 is 16.1 Å². The number of likely N-dealkylation sites (N-methyl/N-ethyl adjacent to an activating group) is 1. The lowest BCUT2D eigenvalue weighted by Crippen LogP contribution is -2.46. The van der Waals surface area contributed by atoms with Gasteiger partial charge in [-0.25, -0.2) is 8.42 Å². The average Bonchev–Trinajstić information content (AvgIpc) is 2.48. The van der Waals surface area contributed by atoms with Gasteiger partial charge in [-0.15, -0.1) is 0 Å². The molecule has 1 aromatic rings. The van der Waals surface area contributed by atoms with E-state index in [9.17, 15) is 13.2 Å². The number of nitrogens with one attached hydrogen (secondary N) is 1. The maximum atomic E-state index is 12.2. The van der Waals surface area contributed by atoms with Gasteiger partial charge < -0.3 is 10.6 Å². The van der Waals surface area contributed by atoms with Gasteiger partial charge >= 0.3 is 0 Å². The maximum Gasteiger partial charge on any atom is 0.242 e. The minimum absolute atomic E-state index is 0.0129. The van der Waals surface area contributed by atoms with E-state index in [-0.39, 0.29) is 17.3 Å². The van der Waals surface area contributed by atoms with E-state index in [0.29, 0.717) is 18.8 Å². The van der Waals surface area contributed by atoms with Crippen molar-refractivity contribution in [1.29, 1.82) is 0 Å². The van der Waals surface area contributed by atoms with Crippen molar-refractivity contribution in [2.75, 3.05) is 13.1 Å². The lowest BCUT2D eigenvalue weighted by Gasteiger charge is -2.23. The summed E-state index contributed by atoms with van der Waals surface area (Å²) in [4.78, 5) is 17.6. The number of carbonyl (C=O) groups excluding carboxylic acids is 1. The molecule has 0 aliphatic heterocycles. The zero-order chi connectivity index (χ0) is 16.0. The summed E-state index contributed by atoms with van der Waals surface area (Å²) in [5, 5.41) is 0. The predicted octanol–water partition coefficient (Wildman–Crippen LogP) is 0.0755. The van der Waals surface area contributed by atoms with Crippen LogP contribution in [-0.4, -0.2) is 43.3 Å². The molecule has 0 saturated heterocycles. The monoisotopic (exact) mass is 314 g/mol. The van der Waals surface area contributed by atoms with E-state index in [2.05, 4.69) is 9.71 Å². The summed E-state index contributed by atoms with van der Waals surface area (Å²) in [5.74, 6) is -0.255. The van der Waals surface area contributed by atoms with Gasteiger partial charge in [0.2, 0.25) is 15.9 Å². The number of nitrogens with two attached hydrogens (primary N) is 1. The van der Waals surface area contributed by atoms with E-state index in [1.165, 1.54) is 19.2 Å². The van der Waals surface area contributed by atoms with Crippen LogP contribution in [0, 0.1) is 0 Å². The van der Waals surface area contributed by atoms with Crippen molar-refractivity contribution in [3.63, 3.8) is 0 Å². The molecular formula is C13H22N4O3S. The Balaban J connectivity index is 2.86. The molecule has 0 aromatic carbocycles. The largest absolute Gasteiger partial charge is 0.342 e. The average molecular weight is 314 g/mol. The Hall–Kier alpha value is -1.51. The van der Waals surface area contributed by atoms with E-state index >= 15 is 0 Å². The van der Waals surface area contributed by atoms with Crippen molar-refractivity contribution in [2.24, 2.45) is 5.73 Å². The summed E-state index contributed by atoms with van der Waals surface area (Å²) in [6.45, 7) is 6.53. The SMILES string of the molecule is CCN(CC)C(=O)C(C)NS(=O)(=O)c1ccc(CN)nc1. The molecule has 0 saturated carbocycles. The van der Waals surface area contributed by atoms with Crippen LogP contribution in [0.15, 0.2) is 23.2 Å². The number of rotatable bonds is 7. The molecular weight excluding hydrogens is 292 g/mol. The number of aromatic nitrogens is 1. The highest BCUT2D eigenvalue weighted by Gasteiger charge is 2.24. The Labute approximate surface area is 125 Å². The van der Waals surface area contributed by atoms with Crippen molar-refractivity contribution in [3.8, 4) is 0 Å². The first-order valence-corrected chi connectivity index (χ1v) is 8.30. The quantitative estimate of drug-likeness (QED) is 0.741. The first-order valence-electron chi connectivity index (χ1n) is 6.81. The van der Waals surface area contributed by atoms with Gasteiger partial charge in [-0.2, -0.15) is 4.72 Å². The Morgan fingerprint density at radius 3 is 2.43 bits per heavy atom. The number of sulfonamides is 1. The standard InChI is InChI=1S/C13H22N4O3S/c1-4-17(5-2)13(18)10(3)16-21(19,20)12-7-6-11(8-14)15-9-12/h6-7,9-10,16H,4-5,8,14H2,1-3H3. The Morgan fingerprint density at radius 1 is 1.38 bits per heavy atom. The molecule has 0 spiro atoms. The summed E-state index contributed by atoms with van der Waals surface area (Å²) in [5.41, 5.74) is 6.01. The second-order valence-corrected chi connectivity index (χ2v) is 6.26. The van der Waals surface area contributed by atoms with E-state index in [1.54, 1.807) is 11.0 Å². The second-order valence-electron chi connectivity index (χ2n) is 4.54. The third-order valence-corrected chi connectivity index (χ3v) is 4.62. The summed E-state index contributed by atoms with van der Waals surface area (Å²) in [6, 6.07) is 2.14. The topological polar surface area (TPSA) is 105 Å². The van der Waals surface area contributed by atoms with Crippen LogP contribution < -0.4 is 10.5 Å². The van der Waals surface area contributed by atoms with Crippen LogP contribution in [0.4, 0.5) is 0 Å². The smallest absolute Gasteiger partial charge is 0.242 e. The third-order valence-electron chi connectivity index (χ3n) is 3.09. The number of amides is 1. The molecule has 3 N–H and O–H groups in total. The molecule has 0 bridgehead atoms. The first-order chi connectivity index (χ1) is 9.85. The summed E-state index contributed by atoms with van der Waals surface area (Å²) in [6.07, 6.45) is 1.24. The number of carbonyl (C=O) groups is 1. The summed E-state index contributed by atoms with van der Waals surface area (Å²) < 4.78 is 26.8. The third kappa shape index (κ3) is 4.48. The van der Waals surface area contributed by atoms with Crippen molar-refractivity contribution in [2.45, 2.75) is 38.3 Å². The fourth-order valence-electron chi connectivity index (χ4n) is 1.85. The van der Waals surface area contributed by atoms with Crippen LogP contribution in [0.1, 0.15) is 26.5 Å². The molecule has 1 heterocycles. The number of pyridine rings is 1. The van der Waals surface area contributed by atoms with Gasteiger partial charge in [0, 0.05) is 25.8 Å². The Morgan fingerprint density at radius 2 is 2.00 bits per heavy atom. The van der Waals surface area contributed by atoms with Crippen molar-refractivity contribution < 1.29 is 13.2 Å². The van der Waals surface area contributed by atoms with Crippen LogP contribution in [0.3, 0.4) is 0 Å². The van der Waals surface area contributed by atoms with Gasteiger partial charge in [0.25, 0.3) is 0 Å². The molecule has 1 aromatic heterocycles. The fraction of sp³-hybridized carbons (Fsp3) is 0.538. The summed E-state index contributed by atoms with van der Waals surface area (Å²) >= 11 is 0. The minimum Gasteiger partial charge on any atom is -0.342 e. The maximum absolute atomic E-state index is 12.2. The molecule has 118 valence electrons. The molecule has 1 rings (SSSR count). The molecule has 1 amide bonds. The van der Waals surface area contributed by atoms with Crippen molar-refractivity contribution >= 4 is 15.9 Å². The van der Waals surface area contributed by atoms with Gasteiger partial charge in [0.05, 0.1) is 11.7 Å². The molecule has 1 atom stereocenters. The molecule has 0 fully saturated rings. The molecule has 8 heteroatoms. The van der Waals surface area contributed by atoms with E-state index in [4.69, 9.17) is 5.73 Å². The van der Waals surface area contributed by atoms with Gasteiger partial charge in [-0.05, 0) is 32.9 Å². The second kappa shape index (κ2) is 7.48. The highest BCUT2D eigenvalue weighted by atomic mass is 32.2. The van der Waals surface area contributed by atoms with Crippen LogP contribution in [-0.2, 0) is 21.4 Å². The molecule has 0 radical (unpaired) electrons. The van der Waals surface area contributed by atoms with E-state index in [1.807, 2.05) is 13.8 Å². The minimum atomic E-state index is -3.78. The summed E-state index contributed by atoms with van der Waals surface area (Å²) in [7, 11) is -3.78. The zero-order valence-corrected chi connectivity index (χ0v) is 13.4. The van der Waals surface area contributed by atoms with Crippen LogP contribution in [0.2, 0.25) is 0 Å². The molecule has 0 aliphatic carbocycles. The first kappa shape index (κ1) is 17.5. The molecule has 1 unspecified atom stereocenters. The number of hydrogen-bond acceptors (Lipinski definition) is 5. The number of hydrogen-bond donors (Lipinski definition) is 2.